The zero-order valence-corrected chi connectivity index (χ0v) is 21.5. The van der Waals surface area contributed by atoms with Crippen LogP contribution in [0, 0.1) is 11.6 Å². The molecule has 0 radical (unpaired) electrons. The Bertz CT molecular complexity index is 1740. The molecule has 4 aromatic rings. The first kappa shape index (κ1) is 28.6. The Morgan fingerprint density at radius 1 is 1.07 bits per heavy atom. The second-order valence-corrected chi connectivity index (χ2v) is 9.38. The fourth-order valence-corrected chi connectivity index (χ4v) is 4.66. The van der Waals surface area contributed by atoms with Crippen molar-refractivity contribution in [3.05, 3.63) is 99.5 Å². The van der Waals surface area contributed by atoms with E-state index in [2.05, 4.69) is 20.7 Å². The van der Waals surface area contributed by atoms with Gasteiger partial charge in [0.2, 0.25) is 0 Å². The third-order valence-corrected chi connectivity index (χ3v) is 6.68. The van der Waals surface area contributed by atoms with Gasteiger partial charge in [-0.3, -0.25) is 9.59 Å². The molecule has 0 aliphatic heterocycles. The molecule has 2 atom stereocenters. The van der Waals surface area contributed by atoms with Crippen LogP contribution in [0.1, 0.15) is 59.6 Å². The van der Waals surface area contributed by atoms with E-state index in [1.54, 1.807) is 6.07 Å². The average Bonchev–Trinajstić information content (AvgIpc) is 3.48. The van der Waals surface area contributed by atoms with Gasteiger partial charge in [-0.25, -0.2) is 23.1 Å². The number of carbonyl (C=O) groups excluding carboxylic acids is 3. The van der Waals surface area contributed by atoms with Crippen LogP contribution < -0.4 is 10.6 Å². The van der Waals surface area contributed by atoms with Gasteiger partial charge in [0.25, 0.3) is 11.8 Å². The van der Waals surface area contributed by atoms with Crippen molar-refractivity contribution in [2.24, 2.45) is 0 Å². The van der Waals surface area contributed by atoms with Gasteiger partial charge in [-0.2, -0.15) is 18.3 Å². The van der Waals surface area contributed by atoms with Crippen LogP contribution in [0.4, 0.5) is 22.0 Å². The summed E-state index contributed by atoms with van der Waals surface area (Å²) in [6.45, 7) is -0.461. The van der Waals surface area contributed by atoms with Crippen molar-refractivity contribution < 1.29 is 46.2 Å². The molecule has 2 amide bonds. The SMILES string of the molecule is COC(=O)c1ccc2c(c1)C[C@H](O)[C@@H]2NC(=O)c1cc(C(=O)NCc2ccc(F)c(C(F)(F)F)c2)nc2c(F)cnn12. The average molecular weight is 589 g/mol. The molecule has 0 saturated heterocycles. The van der Waals surface area contributed by atoms with Crippen molar-refractivity contribution in [3.8, 4) is 0 Å². The third kappa shape index (κ3) is 5.37. The second kappa shape index (κ2) is 10.8. The van der Waals surface area contributed by atoms with Crippen LogP contribution in [-0.2, 0) is 23.9 Å². The molecule has 2 aromatic heterocycles. The number of methoxy groups -OCH3 is 1. The van der Waals surface area contributed by atoms with Gasteiger partial charge in [0.15, 0.2) is 11.5 Å². The number of amides is 2. The van der Waals surface area contributed by atoms with Gasteiger partial charge in [0.05, 0.1) is 36.6 Å². The van der Waals surface area contributed by atoms with Crippen LogP contribution in [0.25, 0.3) is 5.65 Å². The number of hydrogen-bond donors (Lipinski definition) is 3. The number of aliphatic hydroxyl groups is 1. The molecule has 2 heterocycles. The Morgan fingerprint density at radius 3 is 2.55 bits per heavy atom. The highest BCUT2D eigenvalue weighted by atomic mass is 19.4. The highest BCUT2D eigenvalue weighted by molar-refractivity contribution is 5.98. The number of hydrogen-bond acceptors (Lipinski definition) is 7. The summed E-state index contributed by atoms with van der Waals surface area (Å²) in [6, 6.07) is 6.83. The number of fused-ring (bicyclic) bond motifs is 2. The lowest BCUT2D eigenvalue weighted by atomic mass is 10.0. The molecule has 10 nitrogen and oxygen atoms in total. The molecular weight excluding hydrogens is 569 g/mol. The molecule has 1 aliphatic carbocycles. The smallest absolute Gasteiger partial charge is 0.419 e. The number of halogens is 5. The first-order valence-electron chi connectivity index (χ1n) is 12.3. The zero-order chi connectivity index (χ0) is 30.3. The van der Waals surface area contributed by atoms with E-state index in [9.17, 15) is 41.4 Å². The molecule has 0 bridgehead atoms. The van der Waals surface area contributed by atoms with Crippen LogP contribution in [-0.4, -0.2) is 50.7 Å². The summed E-state index contributed by atoms with van der Waals surface area (Å²) in [5.41, 5.74) is -1.48. The molecule has 0 spiro atoms. The minimum absolute atomic E-state index is 0.0732. The number of ether oxygens (including phenoxy) is 1. The fraction of sp³-hybridized carbons (Fsp3) is 0.222. The summed E-state index contributed by atoms with van der Waals surface area (Å²) in [5, 5.41) is 19.4. The lowest BCUT2D eigenvalue weighted by Gasteiger charge is -2.18. The van der Waals surface area contributed by atoms with E-state index in [1.807, 2.05) is 0 Å². The van der Waals surface area contributed by atoms with Crippen molar-refractivity contribution in [1.29, 1.82) is 0 Å². The van der Waals surface area contributed by atoms with E-state index in [1.165, 1.54) is 19.2 Å². The minimum Gasteiger partial charge on any atom is -0.465 e. The van der Waals surface area contributed by atoms with E-state index in [-0.39, 0.29) is 23.2 Å². The number of esters is 1. The van der Waals surface area contributed by atoms with Gasteiger partial charge in [-0.15, -0.1) is 0 Å². The summed E-state index contributed by atoms with van der Waals surface area (Å²) in [6.07, 6.45) is -5.15. The summed E-state index contributed by atoms with van der Waals surface area (Å²) < 4.78 is 72.7. The number of rotatable bonds is 6. The number of aromatic nitrogens is 3. The van der Waals surface area contributed by atoms with E-state index in [4.69, 9.17) is 4.74 Å². The quantitative estimate of drug-likeness (QED) is 0.232. The number of aliphatic hydroxyl groups excluding tert-OH is 1. The summed E-state index contributed by atoms with van der Waals surface area (Å²) >= 11 is 0. The van der Waals surface area contributed by atoms with Gasteiger partial charge in [-0.05, 0) is 41.0 Å². The van der Waals surface area contributed by atoms with Crippen molar-refractivity contribution in [3.63, 3.8) is 0 Å². The van der Waals surface area contributed by atoms with Crippen molar-refractivity contribution >= 4 is 23.4 Å². The molecule has 0 fully saturated rings. The first-order valence-corrected chi connectivity index (χ1v) is 12.3. The molecule has 15 heteroatoms. The Balaban J connectivity index is 1.40. The minimum atomic E-state index is -4.95. The highest BCUT2D eigenvalue weighted by Gasteiger charge is 2.35. The highest BCUT2D eigenvalue weighted by Crippen LogP contribution is 2.33. The number of benzene rings is 2. The predicted octanol–water partition coefficient (Wildman–Crippen LogP) is 3.13. The van der Waals surface area contributed by atoms with Crippen LogP contribution in [0.3, 0.4) is 0 Å². The summed E-state index contributed by atoms with van der Waals surface area (Å²) in [4.78, 5) is 41.9. The van der Waals surface area contributed by atoms with Crippen LogP contribution in [0.15, 0.2) is 48.7 Å². The zero-order valence-electron chi connectivity index (χ0n) is 21.5. The van der Waals surface area contributed by atoms with E-state index in [0.717, 1.165) is 22.8 Å². The van der Waals surface area contributed by atoms with Crippen molar-refractivity contribution in [1.82, 2.24) is 25.2 Å². The molecule has 42 heavy (non-hydrogen) atoms. The van der Waals surface area contributed by atoms with Gasteiger partial charge in [0, 0.05) is 19.0 Å². The normalized spacial score (nSPS) is 16.3. The van der Waals surface area contributed by atoms with E-state index >= 15 is 0 Å². The lowest BCUT2D eigenvalue weighted by Crippen LogP contribution is -2.35. The maximum absolute atomic E-state index is 14.4. The largest absolute Gasteiger partial charge is 0.465 e. The van der Waals surface area contributed by atoms with Crippen molar-refractivity contribution in [2.45, 2.75) is 31.3 Å². The standard InChI is InChI=1S/C27H20F5N5O5/c1-42-26(41)13-3-4-15-14(7-13)8-21(38)22(15)36-25(40)20-9-19(35-23-18(29)11-34-37(20)23)24(39)33-10-12-2-5-17(28)16(6-12)27(30,31)32/h2-7,9,11,21-22,38H,8,10H2,1H3,(H,33,39)(H,36,40)/t21-,22+/m0/s1. The Hall–Kier alpha value is -4.92. The first-order chi connectivity index (χ1) is 19.9. The van der Waals surface area contributed by atoms with E-state index < -0.39 is 71.2 Å². The summed E-state index contributed by atoms with van der Waals surface area (Å²) in [7, 11) is 1.22. The third-order valence-electron chi connectivity index (χ3n) is 6.68. The number of nitrogens with one attached hydrogen (secondary N) is 2. The maximum Gasteiger partial charge on any atom is 0.419 e. The monoisotopic (exact) mass is 589 g/mol. The number of carbonyl (C=O) groups is 3. The Morgan fingerprint density at radius 2 is 1.83 bits per heavy atom. The van der Waals surface area contributed by atoms with Gasteiger partial charge in [-0.1, -0.05) is 12.1 Å². The summed E-state index contributed by atoms with van der Waals surface area (Å²) in [5.74, 6) is -4.84. The number of alkyl halides is 3. The molecule has 3 N–H and O–H groups in total. The fourth-order valence-electron chi connectivity index (χ4n) is 4.66. The maximum atomic E-state index is 14.4. The second-order valence-electron chi connectivity index (χ2n) is 9.38. The Labute approximate surface area is 233 Å². The number of nitrogens with zero attached hydrogens (tertiary/aromatic N) is 3. The molecule has 5 rings (SSSR count). The van der Waals surface area contributed by atoms with Gasteiger partial charge in [0.1, 0.15) is 17.2 Å². The van der Waals surface area contributed by atoms with E-state index in [0.29, 0.717) is 23.3 Å². The Kier molecular flexibility index (Phi) is 7.36. The molecule has 0 saturated carbocycles. The van der Waals surface area contributed by atoms with Crippen molar-refractivity contribution in [2.75, 3.05) is 7.11 Å². The van der Waals surface area contributed by atoms with Crippen LogP contribution in [0.5, 0.6) is 0 Å². The van der Waals surface area contributed by atoms with Gasteiger partial charge < -0.3 is 20.5 Å². The van der Waals surface area contributed by atoms with Gasteiger partial charge >= 0.3 is 12.1 Å². The molecule has 0 unspecified atom stereocenters. The predicted molar refractivity (Wildman–Crippen MR) is 133 cm³/mol. The van der Waals surface area contributed by atoms with Crippen LogP contribution in [0.2, 0.25) is 0 Å². The molecular formula is C27H20F5N5O5. The lowest BCUT2D eigenvalue weighted by molar-refractivity contribution is -0.140. The molecule has 218 valence electrons. The molecule has 2 aromatic carbocycles. The van der Waals surface area contributed by atoms with Crippen LogP contribution >= 0.6 is 0 Å². The topological polar surface area (TPSA) is 135 Å². The molecule has 1 aliphatic rings.